The number of hydrogen-bond donors (Lipinski definition) is 0. The molecular formula is C7H4BrF3OS. The van der Waals surface area contributed by atoms with Crippen LogP contribution in [0.2, 0.25) is 0 Å². The summed E-state index contributed by atoms with van der Waals surface area (Å²) in [5, 5.41) is 0. The van der Waals surface area contributed by atoms with E-state index in [1.807, 2.05) is 0 Å². The van der Waals surface area contributed by atoms with Crippen LogP contribution in [0.25, 0.3) is 0 Å². The molecule has 0 saturated heterocycles. The normalized spacial score (nSPS) is 11.7. The van der Waals surface area contributed by atoms with E-state index in [4.69, 9.17) is 0 Å². The van der Waals surface area contributed by atoms with E-state index in [0.29, 0.717) is 16.9 Å². The van der Waals surface area contributed by atoms with Crippen LogP contribution in [0.4, 0.5) is 13.2 Å². The standard InChI is InChI=1S/C7H4BrF3OS/c8-5-1-3-6(4-2-5)13-12-7(9,10)11/h1-4H. The number of alkyl halides is 3. The Labute approximate surface area is 85.6 Å². The molecule has 1 aromatic carbocycles. The summed E-state index contributed by atoms with van der Waals surface area (Å²) < 4.78 is 39.1. The zero-order chi connectivity index (χ0) is 9.90. The van der Waals surface area contributed by atoms with Crippen molar-refractivity contribution in [1.82, 2.24) is 0 Å². The molecule has 0 unspecified atom stereocenters. The summed E-state index contributed by atoms with van der Waals surface area (Å²) in [5.41, 5.74) is 0. The Morgan fingerprint density at radius 1 is 1.15 bits per heavy atom. The van der Waals surface area contributed by atoms with Gasteiger partial charge in [-0.15, -0.1) is 13.2 Å². The van der Waals surface area contributed by atoms with Gasteiger partial charge in [0.1, 0.15) is 0 Å². The molecule has 0 aliphatic heterocycles. The molecule has 0 N–H and O–H groups in total. The number of rotatable bonds is 2. The van der Waals surface area contributed by atoms with Crippen LogP contribution in [0.15, 0.2) is 33.6 Å². The second kappa shape index (κ2) is 4.34. The average molecular weight is 273 g/mol. The van der Waals surface area contributed by atoms with Crippen molar-refractivity contribution < 1.29 is 17.4 Å². The van der Waals surface area contributed by atoms with Gasteiger partial charge in [0.2, 0.25) is 0 Å². The molecule has 1 aromatic rings. The van der Waals surface area contributed by atoms with E-state index in [1.165, 1.54) is 12.1 Å². The first kappa shape index (κ1) is 10.9. The minimum absolute atomic E-state index is 0.290. The summed E-state index contributed by atoms with van der Waals surface area (Å²) >= 11 is 3.45. The SMILES string of the molecule is FC(F)(F)OSc1ccc(Br)cc1. The Bertz CT molecular complexity index is 272. The Morgan fingerprint density at radius 2 is 1.69 bits per heavy atom. The van der Waals surface area contributed by atoms with Crippen molar-refractivity contribution in [3.8, 4) is 0 Å². The van der Waals surface area contributed by atoms with E-state index in [-0.39, 0.29) is 0 Å². The fourth-order valence-corrected chi connectivity index (χ4v) is 1.29. The number of halogens is 4. The summed E-state index contributed by atoms with van der Waals surface area (Å²) in [6.45, 7) is 0. The van der Waals surface area contributed by atoms with Crippen molar-refractivity contribution >= 4 is 28.0 Å². The number of benzene rings is 1. The van der Waals surface area contributed by atoms with Gasteiger partial charge >= 0.3 is 6.36 Å². The lowest BCUT2D eigenvalue weighted by atomic mass is 10.4. The molecule has 0 heterocycles. The molecule has 0 aliphatic carbocycles. The fourth-order valence-electron chi connectivity index (χ4n) is 0.586. The molecule has 6 heteroatoms. The third kappa shape index (κ3) is 4.54. The van der Waals surface area contributed by atoms with Crippen molar-refractivity contribution in [1.29, 1.82) is 0 Å². The maximum Gasteiger partial charge on any atom is 0.533 e. The highest BCUT2D eigenvalue weighted by molar-refractivity contribution is 9.10. The minimum atomic E-state index is -4.60. The maximum absolute atomic E-state index is 11.6. The molecule has 1 nitrogen and oxygen atoms in total. The fraction of sp³-hybridized carbons (Fsp3) is 0.143. The highest BCUT2D eigenvalue weighted by Gasteiger charge is 2.30. The van der Waals surface area contributed by atoms with Gasteiger partial charge in [0.05, 0.1) is 0 Å². The Kier molecular flexibility index (Phi) is 3.63. The second-order valence-electron chi connectivity index (χ2n) is 2.07. The predicted octanol–water partition coefficient (Wildman–Crippen LogP) is 3.99. The molecule has 0 saturated carbocycles. The van der Waals surface area contributed by atoms with Gasteiger partial charge in [-0.1, -0.05) is 15.9 Å². The smallest absolute Gasteiger partial charge is 0.215 e. The molecule has 0 aliphatic rings. The molecule has 0 fully saturated rings. The van der Waals surface area contributed by atoms with E-state index in [1.54, 1.807) is 12.1 Å². The molecular weight excluding hydrogens is 269 g/mol. The second-order valence-corrected chi connectivity index (χ2v) is 3.79. The quantitative estimate of drug-likeness (QED) is 0.753. The van der Waals surface area contributed by atoms with E-state index in [0.717, 1.165) is 4.47 Å². The monoisotopic (exact) mass is 272 g/mol. The topological polar surface area (TPSA) is 9.23 Å². The van der Waals surface area contributed by atoms with Gasteiger partial charge in [-0.3, -0.25) is 0 Å². The first-order valence-corrected chi connectivity index (χ1v) is 4.69. The molecule has 72 valence electrons. The Hall–Kier alpha value is -0.200. The zero-order valence-corrected chi connectivity index (χ0v) is 8.54. The highest BCUT2D eigenvalue weighted by atomic mass is 79.9. The van der Waals surface area contributed by atoms with Crippen LogP contribution in [-0.2, 0) is 4.18 Å². The maximum atomic E-state index is 11.6. The van der Waals surface area contributed by atoms with Crippen LogP contribution in [-0.4, -0.2) is 6.36 Å². The number of hydrogen-bond acceptors (Lipinski definition) is 2. The highest BCUT2D eigenvalue weighted by Crippen LogP contribution is 2.29. The summed E-state index contributed by atoms with van der Waals surface area (Å²) in [6.07, 6.45) is -4.60. The van der Waals surface area contributed by atoms with Gasteiger partial charge in [0.25, 0.3) is 0 Å². The summed E-state index contributed by atoms with van der Waals surface area (Å²) in [6, 6.07) is 6.34. The third-order valence-electron chi connectivity index (χ3n) is 1.05. The van der Waals surface area contributed by atoms with Crippen molar-refractivity contribution in [2.75, 3.05) is 0 Å². The van der Waals surface area contributed by atoms with E-state index in [2.05, 4.69) is 20.1 Å². The van der Waals surface area contributed by atoms with E-state index in [9.17, 15) is 13.2 Å². The molecule has 1 rings (SSSR count). The molecule has 13 heavy (non-hydrogen) atoms. The van der Waals surface area contributed by atoms with Crippen LogP contribution in [0.5, 0.6) is 0 Å². The lowest BCUT2D eigenvalue weighted by molar-refractivity contribution is -0.266. The van der Waals surface area contributed by atoms with Crippen LogP contribution < -0.4 is 0 Å². The van der Waals surface area contributed by atoms with Gasteiger partial charge in [0.15, 0.2) is 0 Å². The Morgan fingerprint density at radius 3 is 2.15 bits per heavy atom. The molecule has 0 spiro atoms. The minimum Gasteiger partial charge on any atom is -0.215 e. The van der Waals surface area contributed by atoms with Gasteiger partial charge in [-0.05, 0) is 24.3 Å². The van der Waals surface area contributed by atoms with Crippen LogP contribution >= 0.6 is 28.0 Å². The summed E-state index contributed by atoms with van der Waals surface area (Å²) in [5.74, 6) is 0. The molecule has 0 bridgehead atoms. The van der Waals surface area contributed by atoms with Crippen molar-refractivity contribution in [3.05, 3.63) is 28.7 Å². The van der Waals surface area contributed by atoms with Crippen LogP contribution in [0, 0.1) is 0 Å². The van der Waals surface area contributed by atoms with E-state index >= 15 is 0 Å². The van der Waals surface area contributed by atoms with Crippen molar-refractivity contribution in [2.45, 2.75) is 11.3 Å². The van der Waals surface area contributed by atoms with Gasteiger partial charge in [-0.2, -0.15) is 0 Å². The zero-order valence-electron chi connectivity index (χ0n) is 6.14. The Balaban J connectivity index is 2.51. The summed E-state index contributed by atoms with van der Waals surface area (Å²) in [4.78, 5) is 0.403. The lowest BCUT2D eigenvalue weighted by Crippen LogP contribution is -2.07. The largest absolute Gasteiger partial charge is 0.533 e. The van der Waals surface area contributed by atoms with E-state index < -0.39 is 6.36 Å². The molecule has 0 aromatic heterocycles. The summed E-state index contributed by atoms with van der Waals surface area (Å²) in [7, 11) is 0. The molecule has 0 radical (unpaired) electrons. The molecule has 0 amide bonds. The van der Waals surface area contributed by atoms with Gasteiger partial charge < -0.3 is 0 Å². The average Bonchev–Trinajstić information content (AvgIpc) is 2.02. The van der Waals surface area contributed by atoms with Crippen molar-refractivity contribution in [3.63, 3.8) is 0 Å². The predicted molar refractivity (Wildman–Crippen MR) is 47.1 cm³/mol. The van der Waals surface area contributed by atoms with Crippen LogP contribution in [0.1, 0.15) is 0 Å². The molecule has 0 atom stereocenters. The van der Waals surface area contributed by atoms with Gasteiger partial charge in [-0.25, -0.2) is 4.18 Å². The first-order valence-electron chi connectivity index (χ1n) is 3.15. The van der Waals surface area contributed by atoms with Crippen molar-refractivity contribution in [2.24, 2.45) is 0 Å². The van der Waals surface area contributed by atoms with Gasteiger partial charge in [0, 0.05) is 21.4 Å². The lowest BCUT2D eigenvalue weighted by Gasteiger charge is -2.04. The third-order valence-corrected chi connectivity index (χ3v) is 2.31. The first-order chi connectivity index (χ1) is 5.97. The van der Waals surface area contributed by atoms with Crippen LogP contribution in [0.3, 0.4) is 0 Å².